The van der Waals surface area contributed by atoms with Gasteiger partial charge in [-0.1, -0.05) is 26.2 Å². The summed E-state index contributed by atoms with van der Waals surface area (Å²) in [6.45, 7) is 2.05. The number of halogens is 4. The maximum atomic E-state index is 14.7. The summed E-state index contributed by atoms with van der Waals surface area (Å²) in [4.78, 5) is 25.0. The summed E-state index contributed by atoms with van der Waals surface area (Å²) in [5, 5.41) is 14.2. The van der Waals surface area contributed by atoms with E-state index in [0.29, 0.717) is 42.1 Å². The fraction of sp³-hybridized carbons (Fsp3) is 0.462. The minimum absolute atomic E-state index is 0.0799. The van der Waals surface area contributed by atoms with Gasteiger partial charge in [-0.15, -0.1) is 0 Å². The fourth-order valence-electron chi connectivity index (χ4n) is 4.77. The normalized spacial score (nSPS) is 17.9. The van der Waals surface area contributed by atoms with Crippen LogP contribution < -0.4 is 5.32 Å². The minimum atomic E-state index is -4.63. The highest BCUT2D eigenvalue weighted by atomic mass is 19.4. The first-order chi connectivity index (χ1) is 16.5. The van der Waals surface area contributed by atoms with Crippen LogP contribution in [0.5, 0.6) is 0 Å². The molecule has 1 aliphatic carbocycles. The number of nitrogens with one attached hydrogen (secondary N) is 1. The van der Waals surface area contributed by atoms with E-state index < -0.39 is 40.4 Å². The van der Waals surface area contributed by atoms with E-state index in [0.717, 1.165) is 25.0 Å². The van der Waals surface area contributed by atoms with E-state index in [1.165, 1.54) is 12.1 Å². The fourth-order valence-corrected chi connectivity index (χ4v) is 4.77. The molecule has 2 aromatic carbocycles. The third-order valence-electron chi connectivity index (χ3n) is 6.91. The lowest BCUT2D eigenvalue weighted by Crippen LogP contribution is -2.45. The maximum Gasteiger partial charge on any atom is 0.416 e. The van der Waals surface area contributed by atoms with Crippen LogP contribution in [-0.2, 0) is 27.7 Å². The van der Waals surface area contributed by atoms with Crippen molar-refractivity contribution >= 4 is 17.6 Å². The van der Waals surface area contributed by atoms with E-state index >= 15 is 0 Å². The molecule has 0 spiro atoms. The van der Waals surface area contributed by atoms with Gasteiger partial charge < -0.3 is 15.2 Å². The van der Waals surface area contributed by atoms with Gasteiger partial charge in [0.05, 0.1) is 11.1 Å². The second-order valence-corrected chi connectivity index (χ2v) is 9.54. The summed E-state index contributed by atoms with van der Waals surface area (Å²) in [6.07, 6.45) is -1.90. The highest BCUT2D eigenvalue weighted by Crippen LogP contribution is 2.55. The molecule has 9 heteroatoms. The van der Waals surface area contributed by atoms with Crippen molar-refractivity contribution in [2.75, 3.05) is 5.32 Å². The van der Waals surface area contributed by atoms with E-state index in [1.807, 2.05) is 6.92 Å². The monoisotopic (exact) mass is 493 g/mol. The molecule has 1 amide bonds. The summed E-state index contributed by atoms with van der Waals surface area (Å²) in [6, 6.07) is 6.92. The summed E-state index contributed by atoms with van der Waals surface area (Å²) in [5.41, 5.74) is -2.70. The summed E-state index contributed by atoms with van der Waals surface area (Å²) in [5.74, 6) is -1.94. The van der Waals surface area contributed by atoms with Gasteiger partial charge in [0, 0.05) is 16.7 Å². The van der Waals surface area contributed by atoms with Crippen LogP contribution in [-0.4, -0.2) is 22.6 Å². The Morgan fingerprint density at radius 2 is 1.89 bits per heavy atom. The van der Waals surface area contributed by atoms with Gasteiger partial charge in [-0.2, -0.15) is 13.2 Å². The molecule has 4 rings (SSSR count). The predicted octanol–water partition coefficient (Wildman–Crippen LogP) is 5.89. The molecule has 0 radical (unpaired) electrons. The second-order valence-electron chi connectivity index (χ2n) is 9.54. The molecular weight excluding hydrogens is 466 g/mol. The van der Waals surface area contributed by atoms with Crippen molar-refractivity contribution in [3.8, 4) is 0 Å². The quantitative estimate of drug-likeness (QED) is 0.260. The first-order valence-corrected chi connectivity index (χ1v) is 11.7. The number of esters is 1. The number of benzene rings is 2. The van der Waals surface area contributed by atoms with Crippen LogP contribution >= 0.6 is 0 Å². The van der Waals surface area contributed by atoms with E-state index in [4.69, 9.17) is 4.74 Å². The van der Waals surface area contributed by atoms with Gasteiger partial charge >= 0.3 is 12.1 Å². The van der Waals surface area contributed by atoms with Gasteiger partial charge in [-0.3, -0.25) is 4.79 Å². The standard InChI is InChI=1S/C26H27F4NO4/c1-2-3-4-9-25(34,23(33)31-18-6-7-19-16(12-18)14-35-22(19)32)15-24(10-11-24)20-13-17(26(28,29)30)5-8-21(20)27/h5-8,12-13,34H,2-4,9-11,14-15H2,1H3,(H,31,33). The van der Waals surface area contributed by atoms with Crippen LogP contribution in [0.25, 0.3) is 0 Å². The summed E-state index contributed by atoms with van der Waals surface area (Å²) < 4.78 is 59.5. The van der Waals surface area contributed by atoms with E-state index in [9.17, 15) is 32.3 Å². The van der Waals surface area contributed by atoms with Crippen molar-refractivity contribution < 1.29 is 37.0 Å². The molecule has 35 heavy (non-hydrogen) atoms. The zero-order valence-corrected chi connectivity index (χ0v) is 19.3. The number of aliphatic hydroxyl groups is 1. The number of ether oxygens (including phenoxy) is 1. The Morgan fingerprint density at radius 1 is 1.14 bits per heavy atom. The number of carbonyl (C=O) groups excluding carboxylic acids is 2. The molecule has 0 bridgehead atoms. The zero-order chi connectivity index (χ0) is 25.4. The first kappa shape index (κ1) is 25.2. The highest BCUT2D eigenvalue weighted by molar-refractivity contribution is 5.99. The van der Waals surface area contributed by atoms with Gasteiger partial charge in [0.2, 0.25) is 0 Å². The van der Waals surface area contributed by atoms with E-state index in [-0.39, 0.29) is 25.0 Å². The molecular formula is C26H27F4NO4. The Morgan fingerprint density at radius 3 is 2.54 bits per heavy atom. The maximum absolute atomic E-state index is 14.7. The number of alkyl halides is 3. The summed E-state index contributed by atoms with van der Waals surface area (Å²) >= 11 is 0. The molecule has 1 fully saturated rings. The van der Waals surface area contributed by atoms with Gasteiger partial charge in [0.15, 0.2) is 0 Å². The predicted molar refractivity (Wildman–Crippen MR) is 120 cm³/mol. The first-order valence-electron chi connectivity index (χ1n) is 11.7. The minimum Gasteiger partial charge on any atom is -0.457 e. The van der Waals surface area contributed by atoms with Crippen molar-refractivity contribution in [3.63, 3.8) is 0 Å². The number of cyclic esters (lactones) is 1. The molecule has 1 unspecified atom stereocenters. The second kappa shape index (κ2) is 9.26. The van der Waals surface area contributed by atoms with Gasteiger partial charge in [0.25, 0.3) is 5.91 Å². The number of amides is 1. The van der Waals surface area contributed by atoms with Gasteiger partial charge in [-0.05, 0) is 67.6 Å². The zero-order valence-electron chi connectivity index (χ0n) is 19.3. The van der Waals surface area contributed by atoms with Crippen LogP contribution in [0.3, 0.4) is 0 Å². The highest BCUT2D eigenvalue weighted by Gasteiger charge is 2.53. The molecule has 1 saturated carbocycles. The van der Waals surface area contributed by atoms with Gasteiger partial charge in [-0.25, -0.2) is 9.18 Å². The lowest BCUT2D eigenvalue weighted by Gasteiger charge is -2.32. The summed E-state index contributed by atoms with van der Waals surface area (Å²) in [7, 11) is 0. The third-order valence-corrected chi connectivity index (χ3v) is 6.91. The number of carbonyl (C=O) groups is 2. The average molecular weight is 493 g/mol. The largest absolute Gasteiger partial charge is 0.457 e. The molecule has 5 nitrogen and oxygen atoms in total. The van der Waals surface area contributed by atoms with Crippen molar-refractivity contribution in [1.82, 2.24) is 0 Å². The molecule has 188 valence electrons. The molecule has 1 heterocycles. The van der Waals surface area contributed by atoms with E-state index in [1.54, 1.807) is 6.07 Å². The third kappa shape index (κ3) is 5.19. The van der Waals surface area contributed by atoms with Crippen molar-refractivity contribution in [1.29, 1.82) is 0 Å². The number of anilines is 1. The molecule has 1 atom stereocenters. The Kier molecular flexibility index (Phi) is 6.66. The molecule has 2 aromatic rings. The van der Waals surface area contributed by atoms with Crippen molar-refractivity contribution in [2.24, 2.45) is 0 Å². The van der Waals surface area contributed by atoms with Crippen LogP contribution in [0.4, 0.5) is 23.2 Å². The van der Waals surface area contributed by atoms with Gasteiger partial charge in [0.1, 0.15) is 18.0 Å². The smallest absolute Gasteiger partial charge is 0.416 e. The molecule has 2 aliphatic rings. The van der Waals surface area contributed by atoms with Crippen LogP contribution in [0.15, 0.2) is 36.4 Å². The van der Waals surface area contributed by atoms with E-state index in [2.05, 4.69) is 5.32 Å². The number of hydrogen-bond donors (Lipinski definition) is 2. The molecule has 1 aliphatic heterocycles. The molecule has 0 aromatic heterocycles. The number of fused-ring (bicyclic) bond motifs is 1. The van der Waals surface area contributed by atoms with Crippen molar-refractivity contribution in [2.45, 2.75) is 75.7 Å². The van der Waals surface area contributed by atoms with Crippen LogP contribution in [0.2, 0.25) is 0 Å². The topological polar surface area (TPSA) is 75.6 Å². The Labute approximate surface area is 200 Å². The number of rotatable bonds is 9. The average Bonchev–Trinajstić information content (AvgIpc) is 3.47. The Bertz CT molecular complexity index is 1140. The SMILES string of the molecule is CCCCCC(O)(CC1(c2cc(C(F)(F)F)ccc2F)CC1)C(=O)Nc1ccc2c(c1)COC2=O. The number of hydrogen-bond acceptors (Lipinski definition) is 4. The lowest BCUT2D eigenvalue weighted by atomic mass is 9.79. The number of unbranched alkanes of at least 4 members (excludes halogenated alkanes) is 2. The Hall–Kier alpha value is -2.94. The molecule has 0 saturated heterocycles. The van der Waals surface area contributed by atoms with Crippen LogP contribution in [0, 0.1) is 5.82 Å². The van der Waals surface area contributed by atoms with Crippen LogP contribution in [0.1, 0.15) is 78.9 Å². The Balaban J connectivity index is 1.60. The molecule has 2 N–H and O–H groups in total. The van der Waals surface area contributed by atoms with Crippen molar-refractivity contribution in [3.05, 3.63) is 64.5 Å². The lowest BCUT2D eigenvalue weighted by molar-refractivity contribution is -0.138.